The first-order valence-electron chi connectivity index (χ1n) is 6.02. The summed E-state index contributed by atoms with van der Waals surface area (Å²) >= 11 is 3.42. The zero-order valence-electron chi connectivity index (χ0n) is 10.3. The van der Waals surface area contributed by atoms with Gasteiger partial charge in [-0.3, -0.25) is 0 Å². The first kappa shape index (κ1) is 13.4. The summed E-state index contributed by atoms with van der Waals surface area (Å²) in [6.07, 6.45) is 2.57. The predicted molar refractivity (Wildman–Crippen MR) is 74.7 cm³/mol. The van der Waals surface area contributed by atoms with E-state index >= 15 is 0 Å². The van der Waals surface area contributed by atoms with Crippen LogP contribution in [0.2, 0.25) is 0 Å². The van der Waals surface area contributed by atoms with Crippen LogP contribution in [0.25, 0.3) is 0 Å². The summed E-state index contributed by atoms with van der Waals surface area (Å²) in [7, 11) is 0. The lowest BCUT2D eigenvalue weighted by atomic mass is 9.80. The number of amides is 2. The number of hydrogen-bond donors (Lipinski definition) is 3. The van der Waals surface area contributed by atoms with Crippen molar-refractivity contribution in [3.63, 3.8) is 0 Å². The Morgan fingerprint density at radius 3 is 2.83 bits per heavy atom. The Bertz CT molecular complexity index is 458. The minimum absolute atomic E-state index is 0.281. The summed E-state index contributed by atoms with van der Waals surface area (Å²) < 4.78 is 0.956. The van der Waals surface area contributed by atoms with E-state index in [0.717, 1.165) is 35.0 Å². The Balaban J connectivity index is 1.89. The summed E-state index contributed by atoms with van der Waals surface area (Å²) in [5.41, 5.74) is 1.06. The minimum atomic E-state index is -0.691. The SMILES string of the molecule is Cc1c(Br)cccc1NC(=O)NCC1(O)CCC1. The third kappa shape index (κ3) is 3.03. The fourth-order valence-electron chi connectivity index (χ4n) is 1.92. The van der Waals surface area contributed by atoms with E-state index in [0.29, 0.717) is 6.54 Å². The number of carbonyl (C=O) groups is 1. The maximum atomic E-state index is 11.7. The van der Waals surface area contributed by atoms with E-state index in [2.05, 4.69) is 26.6 Å². The van der Waals surface area contributed by atoms with Crippen LogP contribution in [-0.4, -0.2) is 23.3 Å². The third-order valence-electron chi connectivity index (χ3n) is 3.38. The Kier molecular flexibility index (Phi) is 3.92. The number of rotatable bonds is 3. The molecule has 1 aliphatic carbocycles. The number of halogens is 1. The predicted octanol–water partition coefficient (Wildman–Crippen LogP) is 2.79. The monoisotopic (exact) mass is 312 g/mol. The molecule has 5 heteroatoms. The molecule has 98 valence electrons. The van der Waals surface area contributed by atoms with Crippen molar-refractivity contribution in [2.24, 2.45) is 0 Å². The number of anilines is 1. The van der Waals surface area contributed by atoms with Gasteiger partial charge in [0.15, 0.2) is 0 Å². The molecular formula is C13H17BrN2O2. The average molecular weight is 313 g/mol. The van der Waals surface area contributed by atoms with Gasteiger partial charge in [-0.1, -0.05) is 22.0 Å². The van der Waals surface area contributed by atoms with E-state index in [4.69, 9.17) is 0 Å². The summed E-state index contributed by atoms with van der Waals surface area (Å²) in [6.45, 7) is 2.24. The summed E-state index contributed by atoms with van der Waals surface area (Å²) in [4.78, 5) is 11.7. The van der Waals surface area contributed by atoms with Crippen LogP contribution in [0, 0.1) is 6.92 Å². The largest absolute Gasteiger partial charge is 0.388 e. The first-order valence-corrected chi connectivity index (χ1v) is 6.82. The molecule has 0 radical (unpaired) electrons. The lowest BCUT2D eigenvalue weighted by Crippen LogP contribution is -2.48. The quantitative estimate of drug-likeness (QED) is 0.803. The smallest absolute Gasteiger partial charge is 0.319 e. The minimum Gasteiger partial charge on any atom is -0.388 e. The van der Waals surface area contributed by atoms with Gasteiger partial charge < -0.3 is 15.7 Å². The molecule has 1 aliphatic rings. The molecule has 0 spiro atoms. The normalized spacial score (nSPS) is 16.8. The van der Waals surface area contributed by atoms with Gasteiger partial charge in [-0.2, -0.15) is 0 Å². The molecule has 3 N–H and O–H groups in total. The van der Waals surface area contributed by atoms with Crippen molar-refractivity contribution in [2.45, 2.75) is 31.8 Å². The molecule has 1 fully saturated rings. The van der Waals surface area contributed by atoms with Crippen molar-refractivity contribution in [2.75, 3.05) is 11.9 Å². The van der Waals surface area contributed by atoms with Gasteiger partial charge >= 0.3 is 6.03 Å². The van der Waals surface area contributed by atoms with E-state index in [1.165, 1.54) is 0 Å². The topological polar surface area (TPSA) is 61.4 Å². The fourth-order valence-corrected chi connectivity index (χ4v) is 2.28. The zero-order chi connectivity index (χ0) is 13.2. The Morgan fingerprint density at radius 2 is 2.22 bits per heavy atom. The van der Waals surface area contributed by atoms with E-state index in [1.807, 2.05) is 25.1 Å². The summed E-state index contributed by atoms with van der Waals surface area (Å²) in [6, 6.07) is 5.36. The lowest BCUT2D eigenvalue weighted by molar-refractivity contribution is -0.0287. The molecule has 0 aliphatic heterocycles. The molecule has 0 unspecified atom stereocenters. The Hall–Kier alpha value is -1.07. The zero-order valence-corrected chi connectivity index (χ0v) is 11.9. The molecule has 0 aromatic heterocycles. The van der Waals surface area contributed by atoms with Crippen LogP contribution >= 0.6 is 15.9 Å². The molecule has 0 bridgehead atoms. The molecule has 0 atom stereocenters. The Labute approximate surface area is 115 Å². The second-order valence-electron chi connectivity index (χ2n) is 4.80. The van der Waals surface area contributed by atoms with Gasteiger partial charge in [-0.25, -0.2) is 4.79 Å². The van der Waals surface area contributed by atoms with E-state index in [9.17, 15) is 9.90 Å². The van der Waals surface area contributed by atoms with Gasteiger partial charge in [0.2, 0.25) is 0 Å². The first-order chi connectivity index (χ1) is 8.50. The summed E-state index contributed by atoms with van der Waals surface area (Å²) in [5.74, 6) is 0. The number of carbonyl (C=O) groups excluding carboxylic acids is 1. The molecule has 0 heterocycles. The molecule has 2 amide bonds. The van der Waals surface area contributed by atoms with Crippen molar-refractivity contribution < 1.29 is 9.90 Å². The number of hydrogen-bond acceptors (Lipinski definition) is 2. The van der Waals surface area contributed by atoms with Crippen LogP contribution in [0.5, 0.6) is 0 Å². The van der Waals surface area contributed by atoms with E-state index in [-0.39, 0.29) is 6.03 Å². The Morgan fingerprint density at radius 1 is 1.50 bits per heavy atom. The second kappa shape index (κ2) is 5.28. The van der Waals surface area contributed by atoms with Gasteiger partial charge in [-0.15, -0.1) is 0 Å². The summed E-state index contributed by atoms with van der Waals surface area (Å²) in [5, 5.41) is 15.4. The van der Waals surface area contributed by atoms with Crippen LogP contribution in [0.1, 0.15) is 24.8 Å². The van der Waals surface area contributed by atoms with Crippen molar-refractivity contribution in [1.82, 2.24) is 5.32 Å². The van der Waals surface area contributed by atoms with E-state index < -0.39 is 5.60 Å². The van der Waals surface area contributed by atoms with Gasteiger partial charge in [0.25, 0.3) is 0 Å². The molecular weight excluding hydrogens is 296 g/mol. The highest BCUT2D eigenvalue weighted by atomic mass is 79.9. The van der Waals surface area contributed by atoms with Crippen LogP contribution in [0.4, 0.5) is 10.5 Å². The molecule has 18 heavy (non-hydrogen) atoms. The molecule has 1 saturated carbocycles. The maximum Gasteiger partial charge on any atom is 0.319 e. The van der Waals surface area contributed by atoms with Crippen LogP contribution < -0.4 is 10.6 Å². The fraction of sp³-hybridized carbons (Fsp3) is 0.462. The standard InChI is InChI=1S/C13H17BrN2O2/c1-9-10(14)4-2-5-11(9)16-12(17)15-8-13(18)6-3-7-13/h2,4-5,18H,3,6-8H2,1H3,(H2,15,16,17). The van der Waals surface area contributed by atoms with Gasteiger partial charge in [0, 0.05) is 16.7 Å². The number of benzene rings is 1. The van der Waals surface area contributed by atoms with Gasteiger partial charge in [0.05, 0.1) is 5.60 Å². The van der Waals surface area contributed by atoms with Gasteiger partial charge in [0.1, 0.15) is 0 Å². The van der Waals surface area contributed by atoms with E-state index in [1.54, 1.807) is 0 Å². The average Bonchev–Trinajstić information content (AvgIpc) is 2.30. The molecule has 2 rings (SSSR count). The highest BCUT2D eigenvalue weighted by Gasteiger charge is 2.34. The molecule has 1 aromatic rings. The van der Waals surface area contributed by atoms with Crippen molar-refractivity contribution in [3.8, 4) is 0 Å². The number of aliphatic hydroxyl groups is 1. The number of urea groups is 1. The van der Waals surface area contributed by atoms with Crippen LogP contribution in [0.3, 0.4) is 0 Å². The highest BCUT2D eigenvalue weighted by molar-refractivity contribution is 9.10. The third-order valence-corrected chi connectivity index (χ3v) is 4.24. The molecule has 4 nitrogen and oxygen atoms in total. The van der Waals surface area contributed by atoms with Crippen molar-refractivity contribution >= 4 is 27.6 Å². The van der Waals surface area contributed by atoms with Crippen molar-refractivity contribution in [1.29, 1.82) is 0 Å². The van der Waals surface area contributed by atoms with Gasteiger partial charge in [-0.05, 0) is 43.9 Å². The van der Waals surface area contributed by atoms with Crippen LogP contribution in [0.15, 0.2) is 22.7 Å². The lowest BCUT2D eigenvalue weighted by Gasteiger charge is -2.36. The number of nitrogens with one attached hydrogen (secondary N) is 2. The van der Waals surface area contributed by atoms with Crippen molar-refractivity contribution in [3.05, 3.63) is 28.2 Å². The molecule has 1 aromatic carbocycles. The molecule has 0 saturated heterocycles. The van der Waals surface area contributed by atoms with Crippen LogP contribution in [-0.2, 0) is 0 Å². The highest BCUT2D eigenvalue weighted by Crippen LogP contribution is 2.30. The second-order valence-corrected chi connectivity index (χ2v) is 5.65. The maximum absolute atomic E-state index is 11.7.